The van der Waals surface area contributed by atoms with Gasteiger partial charge < -0.3 is 4.74 Å². The predicted molar refractivity (Wildman–Crippen MR) is 70.9 cm³/mol. The maximum atomic E-state index is 11.5. The van der Waals surface area contributed by atoms with Gasteiger partial charge in [0, 0.05) is 5.02 Å². The normalized spacial score (nSPS) is 11.8. The van der Waals surface area contributed by atoms with Crippen LogP contribution in [-0.4, -0.2) is 12.6 Å². The summed E-state index contributed by atoms with van der Waals surface area (Å²) in [5, 5.41) is 0.693. The molecule has 0 bridgehead atoms. The lowest BCUT2D eigenvalue weighted by molar-refractivity contribution is -0.138. The molecule has 0 spiro atoms. The van der Waals surface area contributed by atoms with Crippen LogP contribution in [0.3, 0.4) is 0 Å². The van der Waals surface area contributed by atoms with Crippen molar-refractivity contribution in [3.63, 3.8) is 0 Å². The van der Waals surface area contributed by atoms with E-state index in [1.54, 1.807) is 38.1 Å². The number of carbonyl (C=O) groups is 1. The molecule has 0 aliphatic carbocycles. The summed E-state index contributed by atoms with van der Waals surface area (Å²) in [5.74, 6) is -0.305. The number of rotatable bonds is 4. The van der Waals surface area contributed by atoms with Gasteiger partial charge in [0.05, 0.1) is 12.2 Å². The molecule has 0 radical (unpaired) electrons. The van der Waals surface area contributed by atoms with Gasteiger partial charge >= 0.3 is 5.97 Å². The van der Waals surface area contributed by atoms with Crippen LogP contribution in [0, 0.1) is 0 Å². The number of benzene rings is 1. The minimum Gasteiger partial charge on any atom is -0.462 e. The number of allylic oxidation sites excluding steroid dienone is 1. The molecule has 0 aliphatic heterocycles. The van der Waals surface area contributed by atoms with Crippen molar-refractivity contribution in [1.29, 1.82) is 0 Å². The summed E-state index contributed by atoms with van der Waals surface area (Å²) in [6, 6.07) is 7.39. The molecule has 3 heteroatoms. The summed E-state index contributed by atoms with van der Waals surface area (Å²) in [4.78, 5) is 11.5. The lowest BCUT2D eigenvalue weighted by atomic mass is 10.1. The Morgan fingerprint density at radius 3 is 2.53 bits per heavy atom. The molecule has 0 N–H and O–H groups in total. The van der Waals surface area contributed by atoms with Gasteiger partial charge in [-0.05, 0) is 37.6 Å². The Labute approximate surface area is 107 Å². The van der Waals surface area contributed by atoms with Gasteiger partial charge in [0.1, 0.15) is 0 Å². The van der Waals surface area contributed by atoms with E-state index >= 15 is 0 Å². The fourth-order valence-electron chi connectivity index (χ4n) is 1.26. The van der Waals surface area contributed by atoms with E-state index in [2.05, 4.69) is 0 Å². The van der Waals surface area contributed by atoms with Crippen LogP contribution in [0.15, 0.2) is 42.0 Å². The average Bonchev–Trinajstić information content (AvgIpc) is 2.32. The summed E-state index contributed by atoms with van der Waals surface area (Å²) in [6.07, 6.45) is 5.31. The van der Waals surface area contributed by atoms with E-state index in [4.69, 9.17) is 16.3 Å². The SMILES string of the molecule is C/C=C(\C=C\c1ccc(Cl)cc1)C(=O)OCC. The number of ether oxygens (including phenoxy) is 1. The molecule has 1 rings (SSSR count). The Morgan fingerprint density at radius 1 is 1.35 bits per heavy atom. The first-order valence-corrected chi connectivity index (χ1v) is 5.82. The highest BCUT2D eigenvalue weighted by atomic mass is 35.5. The van der Waals surface area contributed by atoms with E-state index in [-0.39, 0.29) is 5.97 Å². The first kappa shape index (κ1) is 13.5. The molecule has 1 aromatic carbocycles. The lowest BCUT2D eigenvalue weighted by Crippen LogP contribution is -2.05. The molecule has 90 valence electrons. The molecule has 0 fully saturated rings. The Bertz CT molecular complexity index is 430. The lowest BCUT2D eigenvalue weighted by Gasteiger charge is -2.01. The molecule has 17 heavy (non-hydrogen) atoms. The number of hydrogen-bond donors (Lipinski definition) is 0. The second kappa shape index (κ2) is 6.92. The molecular weight excluding hydrogens is 236 g/mol. The highest BCUT2D eigenvalue weighted by molar-refractivity contribution is 6.30. The number of esters is 1. The zero-order chi connectivity index (χ0) is 12.7. The van der Waals surface area contributed by atoms with E-state index in [0.29, 0.717) is 17.2 Å². The Morgan fingerprint density at radius 2 is 2.00 bits per heavy atom. The molecular formula is C14H15ClO2. The third kappa shape index (κ3) is 4.45. The van der Waals surface area contributed by atoms with Crippen molar-refractivity contribution in [2.75, 3.05) is 6.61 Å². The van der Waals surface area contributed by atoms with Crippen LogP contribution in [0.25, 0.3) is 6.08 Å². The molecule has 0 saturated carbocycles. The topological polar surface area (TPSA) is 26.3 Å². The van der Waals surface area contributed by atoms with Gasteiger partial charge in [0.25, 0.3) is 0 Å². The van der Waals surface area contributed by atoms with Gasteiger partial charge in [-0.3, -0.25) is 0 Å². The van der Waals surface area contributed by atoms with Crippen molar-refractivity contribution in [2.45, 2.75) is 13.8 Å². The molecule has 0 amide bonds. The summed E-state index contributed by atoms with van der Waals surface area (Å²) >= 11 is 5.78. The Hall–Kier alpha value is -1.54. The van der Waals surface area contributed by atoms with Crippen LogP contribution in [0.2, 0.25) is 5.02 Å². The molecule has 2 nitrogen and oxygen atoms in total. The minimum absolute atomic E-state index is 0.305. The zero-order valence-corrected chi connectivity index (χ0v) is 10.7. The van der Waals surface area contributed by atoms with Crippen LogP contribution < -0.4 is 0 Å². The van der Waals surface area contributed by atoms with Gasteiger partial charge in [-0.25, -0.2) is 4.79 Å². The predicted octanol–water partition coefficient (Wildman–Crippen LogP) is 3.86. The van der Waals surface area contributed by atoms with Crippen molar-refractivity contribution in [1.82, 2.24) is 0 Å². The van der Waals surface area contributed by atoms with Crippen molar-refractivity contribution in [3.8, 4) is 0 Å². The van der Waals surface area contributed by atoms with Crippen molar-refractivity contribution < 1.29 is 9.53 Å². The smallest absolute Gasteiger partial charge is 0.337 e. The highest BCUT2D eigenvalue weighted by Crippen LogP contribution is 2.12. The fraction of sp³-hybridized carbons (Fsp3) is 0.214. The molecule has 0 heterocycles. The molecule has 1 aromatic rings. The second-order valence-corrected chi connectivity index (χ2v) is 3.79. The number of halogens is 1. The van der Waals surface area contributed by atoms with Gasteiger partial charge in [-0.1, -0.05) is 35.9 Å². The molecule has 0 atom stereocenters. The van der Waals surface area contributed by atoms with E-state index in [1.165, 1.54) is 0 Å². The molecule has 0 saturated heterocycles. The van der Waals surface area contributed by atoms with Crippen molar-refractivity contribution in [2.24, 2.45) is 0 Å². The molecule has 0 unspecified atom stereocenters. The van der Waals surface area contributed by atoms with Gasteiger partial charge in [-0.15, -0.1) is 0 Å². The summed E-state index contributed by atoms with van der Waals surface area (Å²) in [6.45, 7) is 3.97. The van der Waals surface area contributed by atoms with E-state index in [9.17, 15) is 4.79 Å². The zero-order valence-electron chi connectivity index (χ0n) is 9.94. The van der Waals surface area contributed by atoms with Crippen molar-refractivity contribution in [3.05, 3.63) is 52.6 Å². The van der Waals surface area contributed by atoms with Crippen LogP contribution in [0.1, 0.15) is 19.4 Å². The fourth-order valence-corrected chi connectivity index (χ4v) is 1.38. The second-order valence-electron chi connectivity index (χ2n) is 3.35. The van der Waals surface area contributed by atoms with Crippen LogP contribution in [-0.2, 0) is 9.53 Å². The van der Waals surface area contributed by atoms with E-state index in [1.807, 2.05) is 18.2 Å². The monoisotopic (exact) mass is 250 g/mol. The largest absolute Gasteiger partial charge is 0.462 e. The maximum Gasteiger partial charge on any atom is 0.337 e. The summed E-state index contributed by atoms with van der Waals surface area (Å²) in [7, 11) is 0. The first-order valence-electron chi connectivity index (χ1n) is 5.44. The summed E-state index contributed by atoms with van der Waals surface area (Å²) < 4.78 is 4.92. The minimum atomic E-state index is -0.305. The maximum absolute atomic E-state index is 11.5. The van der Waals surface area contributed by atoms with Crippen molar-refractivity contribution >= 4 is 23.6 Å². The number of carbonyl (C=O) groups excluding carboxylic acids is 1. The molecule has 0 aliphatic rings. The standard InChI is InChI=1S/C14H15ClO2/c1-3-12(14(16)17-4-2)8-5-11-6-9-13(15)10-7-11/h3,5-10H,4H2,1-2H3/b8-5+,12-3+. The highest BCUT2D eigenvalue weighted by Gasteiger charge is 2.04. The van der Waals surface area contributed by atoms with Gasteiger partial charge in [-0.2, -0.15) is 0 Å². The quantitative estimate of drug-likeness (QED) is 0.461. The first-order chi connectivity index (χ1) is 8.17. The Balaban J connectivity index is 2.75. The van der Waals surface area contributed by atoms with E-state index in [0.717, 1.165) is 5.56 Å². The van der Waals surface area contributed by atoms with E-state index < -0.39 is 0 Å². The third-order valence-electron chi connectivity index (χ3n) is 2.15. The number of hydrogen-bond acceptors (Lipinski definition) is 2. The van der Waals surface area contributed by atoms with Crippen LogP contribution in [0.5, 0.6) is 0 Å². The average molecular weight is 251 g/mol. The van der Waals surface area contributed by atoms with Gasteiger partial charge in [0.15, 0.2) is 0 Å². The van der Waals surface area contributed by atoms with Crippen LogP contribution in [0.4, 0.5) is 0 Å². The van der Waals surface area contributed by atoms with Gasteiger partial charge in [0.2, 0.25) is 0 Å². The molecule has 0 aromatic heterocycles. The van der Waals surface area contributed by atoms with Crippen LogP contribution >= 0.6 is 11.6 Å². The summed E-state index contributed by atoms with van der Waals surface area (Å²) in [5.41, 5.74) is 1.53. The Kier molecular flexibility index (Phi) is 5.50. The third-order valence-corrected chi connectivity index (χ3v) is 2.40.